The lowest BCUT2D eigenvalue weighted by Gasteiger charge is -2.18. The van der Waals surface area contributed by atoms with Gasteiger partial charge in [-0.15, -0.1) is 0 Å². The Morgan fingerprint density at radius 2 is 1.79 bits per heavy atom. The van der Waals surface area contributed by atoms with Crippen LogP contribution in [0.2, 0.25) is 0 Å². The zero-order chi connectivity index (χ0) is 24.7. The highest BCUT2D eigenvalue weighted by Crippen LogP contribution is 2.38. The summed E-state index contributed by atoms with van der Waals surface area (Å²) >= 11 is 0. The van der Waals surface area contributed by atoms with Crippen molar-refractivity contribution in [1.82, 2.24) is 15.1 Å². The number of hydrogen-bond donors (Lipinski definition) is 2. The van der Waals surface area contributed by atoms with E-state index in [-0.39, 0.29) is 18.0 Å². The molecule has 0 radical (unpaired) electrons. The number of amides is 1. The topological polar surface area (TPSA) is 103 Å². The van der Waals surface area contributed by atoms with Crippen LogP contribution in [0.4, 0.5) is 0 Å². The molecule has 0 bridgehead atoms. The van der Waals surface area contributed by atoms with E-state index in [0.29, 0.717) is 35.8 Å². The van der Waals surface area contributed by atoms with Crippen molar-refractivity contribution in [3.05, 3.63) is 65.9 Å². The van der Waals surface area contributed by atoms with Gasteiger partial charge in [0, 0.05) is 13.1 Å². The number of aliphatic carboxylic acids is 1. The van der Waals surface area contributed by atoms with Gasteiger partial charge < -0.3 is 19.9 Å². The highest BCUT2D eigenvalue weighted by atomic mass is 16.5. The number of ether oxygens (including phenoxy) is 2. The second kappa shape index (κ2) is 11.4. The normalized spacial score (nSPS) is 11.8. The van der Waals surface area contributed by atoms with E-state index < -0.39 is 17.9 Å². The van der Waals surface area contributed by atoms with Crippen LogP contribution in [0.5, 0.6) is 11.5 Å². The zero-order valence-corrected chi connectivity index (χ0v) is 19.9. The van der Waals surface area contributed by atoms with Gasteiger partial charge in [0.25, 0.3) is 5.91 Å². The van der Waals surface area contributed by atoms with E-state index in [2.05, 4.69) is 10.4 Å². The predicted molar refractivity (Wildman–Crippen MR) is 129 cm³/mol. The molecule has 8 heteroatoms. The summed E-state index contributed by atoms with van der Waals surface area (Å²) in [6, 6.07) is 16.5. The monoisotopic (exact) mass is 465 g/mol. The summed E-state index contributed by atoms with van der Waals surface area (Å²) in [4.78, 5) is 24.1. The van der Waals surface area contributed by atoms with Crippen LogP contribution in [0.25, 0.3) is 11.3 Å². The van der Waals surface area contributed by atoms with Crippen LogP contribution in [-0.2, 0) is 18.4 Å². The summed E-state index contributed by atoms with van der Waals surface area (Å²) in [5, 5.41) is 16.4. The third-order valence-electron chi connectivity index (χ3n) is 5.33. The predicted octanol–water partition coefficient (Wildman–Crippen LogP) is 4.29. The average Bonchev–Trinajstić information content (AvgIpc) is 3.18. The van der Waals surface area contributed by atoms with Crippen LogP contribution < -0.4 is 14.8 Å². The number of aromatic nitrogens is 2. The lowest BCUT2D eigenvalue weighted by Crippen LogP contribution is -2.37. The zero-order valence-electron chi connectivity index (χ0n) is 19.9. The fourth-order valence-electron chi connectivity index (χ4n) is 3.83. The van der Waals surface area contributed by atoms with Crippen LogP contribution in [0.1, 0.15) is 42.7 Å². The van der Waals surface area contributed by atoms with Crippen molar-refractivity contribution < 1.29 is 24.2 Å². The first-order valence-corrected chi connectivity index (χ1v) is 11.2. The summed E-state index contributed by atoms with van der Waals surface area (Å²) in [6.45, 7) is 4.34. The molecule has 0 unspecified atom stereocenters. The number of carbonyl (C=O) groups excluding carboxylic acids is 1. The molecular formula is C26H31N3O5. The fraction of sp³-hybridized carbons (Fsp3) is 0.346. The van der Waals surface area contributed by atoms with Crippen molar-refractivity contribution >= 4 is 11.9 Å². The maximum atomic E-state index is 12.9. The number of nitrogens with one attached hydrogen (secondary N) is 1. The molecule has 0 saturated carbocycles. The van der Waals surface area contributed by atoms with Crippen LogP contribution in [0, 0.1) is 5.92 Å². The maximum Gasteiger partial charge on any atom is 0.305 e. The Morgan fingerprint density at radius 1 is 1.09 bits per heavy atom. The Morgan fingerprint density at radius 3 is 2.44 bits per heavy atom. The van der Waals surface area contributed by atoms with E-state index in [1.54, 1.807) is 24.9 Å². The Bertz CT molecular complexity index is 1120. The van der Waals surface area contributed by atoms with Gasteiger partial charge in [0.2, 0.25) is 0 Å². The Kier molecular flexibility index (Phi) is 8.29. The quantitative estimate of drug-likeness (QED) is 0.438. The third-order valence-corrected chi connectivity index (χ3v) is 5.33. The van der Waals surface area contributed by atoms with Gasteiger partial charge in [0.15, 0.2) is 5.69 Å². The first-order chi connectivity index (χ1) is 16.3. The molecule has 0 fully saturated rings. The highest BCUT2D eigenvalue weighted by molar-refractivity contribution is 5.94. The van der Waals surface area contributed by atoms with Crippen molar-refractivity contribution in [3.63, 3.8) is 0 Å². The number of carboxylic acid groups (broad SMARTS) is 1. The number of hydrogen-bond acceptors (Lipinski definition) is 5. The van der Waals surface area contributed by atoms with Gasteiger partial charge in [-0.25, -0.2) is 0 Å². The van der Waals surface area contributed by atoms with Crippen molar-refractivity contribution in [3.8, 4) is 22.8 Å². The number of carbonyl (C=O) groups is 2. The van der Waals surface area contributed by atoms with E-state index in [1.165, 1.54) is 0 Å². The molecule has 0 aliphatic heterocycles. The van der Waals surface area contributed by atoms with E-state index >= 15 is 0 Å². The Hall–Kier alpha value is -3.81. The fourth-order valence-corrected chi connectivity index (χ4v) is 3.83. The Labute approximate surface area is 199 Å². The minimum absolute atomic E-state index is 0.145. The number of rotatable bonds is 11. The van der Waals surface area contributed by atoms with E-state index in [4.69, 9.17) is 9.47 Å². The molecule has 3 aromatic rings. The Balaban J connectivity index is 1.88. The van der Waals surface area contributed by atoms with Crippen molar-refractivity contribution in [2.24, 2.45) is 13.0 Å². The first-order valence-electron chi connectivity index (χ1n) is 11.2. The maximum absolute atomic E-state index is 12.9. The number of methoxy groups -OCH3 is 1. The number of carboxylic acids is 1. The number of aryl methyl sites for hydroxylation is 1. The molecule has 180 valence electrons. The van der Waals surface area contributed by atoms with Gasteiger partial charge in [-0.3, -0.25) is 14.3 Å². The molecular weight excluding hydrogens is 434 g/mol. The molecule has 0 saturated heterocycles. The van der Waals surface area contributed by atoms with Gasteiger partial charge in [0.05, 0.1) is 24.8 Å². The van der Waals surface area contributed by atoms with Gasteiger partial charge in [0.1, 0.15) is 18.1 Å². The molecule has 1 amide bonds. The van der Waals surface area contributed by atoms with Crippen LogP contribution in [-0.4, -0.2) is 39.9 Å². The lowest BCUT2D eigenvalue weighted by molar-refractivity contribution is -0.137. The summed E-state index contributed by atoms with van der Waals surface area (Å²) in [5.74, 6) is 0.0462. The third kappa shape index (κ3) is 6.37. The summed E-state index contributed by atoms with van der Waals surface area (Å²) in [7, 11) is 3.31. The smallest absolute Gasteiger partial charge is 0.305 e. The molecule has 34 heavy (non-hydrogen) atoms. The summed E-state index contributed by atoms with van der Waals surface area (Å²) in [5.41, 5.74) is 2.54. The summed E-state index contributed by atoms with van der Waals surface area (Å²) < 4.78 is 13.3. The molecule has 0 spiro atoms. The second-order valence-corrected chi connectivity index (χ2v) is 8.54. The van der Waals surface area contributed by atoms with Gasteiger partial charge >= 0.3 is 5.97 Å². The molecule has 2 N–H and O–H groups in total. The molecule has 3 rings (SSSR count). The van der Waals surface area contributed by atoms with E-state index in [1.807, 2.05) is 62.4 Å². The molecule has 8 nitrogen and oxygen atoms in total. The van der Waals surface area contributed by atoms with Crippen LogP contribution in [0.3, 0.4) is 0 Å². The summed E-state index contributed by atoms with van der Waals surface area (Å²) in [6.07, 6.45) is 0.412. The standard InChI is InChI=1S/C26H31N3O5/c1-17(2)13-19(14-24(30)31)27-26(32)20-15-21(29(3)28-20)25-22(33-4)11-8-12-23(25)34-16-18-9-6-5-7-10-18/h5-12,15,17,19H,13-14,16H2,1-4H3,(H,27,32)(H,30,31)/t19-/m0/s1. The number of nitrogens with zero attached hydrogens (tertiary/aromatic N) is 2. The molecule has 1 atom stereocenters. The molecule has 0 aliphatic rings. The molecule has 0 aliphatic carbocycles. The SMILES string of the molecule is COc1cccc(OCc2ccccc2)c1-c1cc(C(=O)N[C@H](CC(=O)O)CC(C)C)nn1C. The van der Waals surface area contributed by atoms with Gasteiger partial charge in [-0.2, -0.15) is 5.10 Å². The average molecular weight is 466 g/mol. The largest absolute Gasteiger partial charge is 0.496 e. The van der Waals surface area contributed by atoms with Crippen LogP contribution in [0.15, 0.2) is 54.6 Å². The van der Waals surface area contributed by atoms with E-state index in [0.717, 1.165) is 5.56 Å². The highest BCUT2D eigenvalue weighted by Gasteiger charge is 2.23. The minimum atomic E-state index is -0.957. The van der Waals surface area contributed by atoms with Crippen molar-refractivity contribution in [2.75, 3.05) is 7.11 Å². The molecule has 1 aromatic heterocycles. The second-order valence-electron chi connectivity index (χ2n) is 8.54. The van der Waals surface area contributed by atoms with Gasteiger partial charge in [-0.05, 0) is 36.1 Å². The van der Waals surface area contributed by atoms with Crippen molar-refractivity contribution in [1.29, 1.82) is 0 Å². The molecule has 2 aromatic carbocycles. The lowest BCUT2D eigenvalue weighted by atomic mass is 10.0. The minimum Gasteiger partial charge on any atom is -0.496 e. The number of benzene rings is 2. The van der Waals surface area contributed by atoms with E-state index in [9.17, 15) is 14.7 Å². The van der Waals surface area contributed by atoms with Crippen molar-refractivity contribution in [2.45, 2.75) is 39.3 Å². The first kappa shape index (κ1) is 24.8. The van der Waals surface area contributed by atoms with Gasteiger partial charge in [-0.1, -0.05) is 50.2 Å². The van der Waals surface area contributed by atoms with Crippen LogP contribution >= 0.6 is 0 Å². The molecule has 1 heterocycles.